The third-order valence-electron chi connectivity index (χ3n) is 3.38. The van der Waals surface area contributed by atoms with Crippen LogP contribution in [0, 0.1) is 6.92 Å². The highest BCUT2D eigenvalue weighted by Gasteiger charge is 2.23. The molecule has 1 aliphatic heterocycles. The second-order valence-electron chi connectivity index (χ2n) is 4.93. The van der Waals surface area contributed by atoms with E-state index >= 15 is 0 Å². The normalized spacial score (nSPS) is 19.6. The smallest absolute Gasteiger partial charge is 0.238 e. The van der Waals surface area contributed by atoms with Crippen LogP contribution in [0.2, 0.25) is 0 Å². The SMILES string of the molecule is CC[C@H](CNC(=O)[C@@H]1CSCN1)Oc1ccccc1C. The number of rotatable bonds is 6. The van der Waals surface area contributed by atoms with E-state index in [1.807, 2.05) is 31.2 Å². The Balaban J connectivity index is 1.83. The summed E-state index contributed by atoms with van der Waals surface area (Å²) in [5, 5.41) is 6.14. The Bertz CT molecular complexity index is 447. The molecule has 0 aromatic heterocycles. The molecule has 0 aliphatic carbocycles. The lowest BCUT2D eigenvalue weighted by Gasteiger charge is -2.20. The molecule has 2 atom stereocenters. The minimum absolute atomic E-state index is 0.00843. The van der Waals surface area contributed by atoms with Gasteiger partial charge in [-0.2, -0.15) is 0 Å². The second kappa shape index (κ2) is 7.55. The van der Waals surface area contributed by atoms with Crippen molar-refractivity contribution in [3.63, 3.8) is 0 Å². The predicted molar refractivity (Wildman–Crippen MR) is 83.1 cm³/mol. The third kappa shape index (κ3) is 4.15. The first-order valence-electron chi connectivity index (χ1n) is 7.01. The molecule has 0 radical (unpaired) electrons. The number of benzene rings is 1. The number of amides is 1. The summed E-state index contributed by atoms with van der Waals surface area (Å²) in [6, 6.07) is 7.90. The van der Waals surface area contributed by atoms with Crippen LogP contribution in [0.15, 0.2) is 24.3 Å². The van der Waals surface area contributed by atoms with E-state index in [-0.39, 0.29) is 18.1 Å². The summed E-state index contributed by atoms with van der Waals surface area (Å²) in [5.74, 6) is 2.67. The van der Waals surface area contributed by atoms with E-state index in [1.54, 1.807) is 11.8 Å². The van der Waals surface area contributed by atoms with Gasteiger partial charge in [0.15, 0.2) is 0 Å². The fourth-order valence-corrected chi connectivity index (χ4v) is 2.98. The lowest BCUT2D eigenvalue weighted by atomic mass is 10.2. The van der Waals surface area contributed by atoms with Gasteiger partial charge in [-0.15, -0.1) is 11.8 Å². The van der Waals surface area contributed by atoms with Crippen LogP contribution >= 0.6 is 11.8 Å². The summed E-state index contributed by atoms with van der Waals surface area (Å²) >= 11 is 1.75. The zero-order chi connectivity index (χ0) is 14.4. The van der Waals surface area contributed by atoms with Crippen molar-refractivity contribution in [1.82, 2.24) is 10.6 Å². The molecule has 1 aromatic rings. The molecule has 0 unspecified atom stereocenters. The molecule has 20 heavy (non-hydrogen) atoms. The molecule has 1 aromatic carbocycles. The minimum Gasteiger partial charge on any atom is -0.488 e. The van der Waals surface area contributed by atoms with Crippen molar-refractivity contribution in [1.29, 1.82) is 0 Å². The topological polar surface area (TPSA) is 50.4 Å². The summed E-state index contributed by atoms with van der Waals surface area (Å²) in [5.41, 5.74) is 1.12. The Morgan fingerprint density at radius 1 is 1.55 bits per heavy atom. The van der Waals surface area contributed by atoms with Crippen molar-refractivity contribution in [3.05, 3.63) is 29.8 Å². The van der Waals surface area contributed by atoms with Gasteiger partial charge in [0.25, 0.3) is 0 Å². The molecule has 2 N–H and O–H groups in total. The van der Waals surface area contributed by atoms with Crippen LogP contribution in [0.25, 0.3) is 0 Å². The van der Waals surface area contributed by atoms with Crippen LogP contribution in [0.5, 0.6) is 5.75 Å². The van der Waals surface area contributed by atoms with E-state index in [0.29, 0.717) is 6.54 Å². The van der Waals surface area contributed by atoms with E-state index in [0.717, 1.165) is 29.4 Å². The van der Waals surface area contributed by atoms with Gasteiger partial charge in [-0.1, -0.05) is 25.1 Å². The Kier molecular flexibility index (Phi) is 5.73. The molecule has 1 saturated heterocycles. The van der Waals surface area contributed by atoms with Crippen LogP contribution in [-0.2, 0) is 4.79 Å². The summed E-state index contributed by atoms with van der Waals surface area (Å²) in [7, 11) is 0. The highest BCUT2D eigenvalue weighted by atomic mass is 32.2. The average Bonchev–Trinajstić information content (AvgIpc) is 2.99. The predicted octanol–water partition coefficient (Wildman–Crippen LogP) is 1.93. The van der Waals surface area contributed by atoms with Crippen LogP contribution in [0.1, 0.15) is 18.9 Å². The van der Waals surface area contributed by atoms with Crippen molar-refractivity contribution < 1.29 is 9.53 Å². The average molecular weight is 294 g/mol. The Morgan fingerprint density at radius 3 is 3.00 bits per heavy atom. The van der Waals surface area contributed by atoms with Gasteiger partial charge >= 0.3 is 0 Å². The van der Waals surface area contributed by atoms with Crippen molar-refractivity contribution in [2.45, 2.75) is 32.4 Å². The quantitative estimate of drug-likeness (QED) is 0.842. The highest BCUT2D eigenvalue weighted by Crippen LogP contribution is 2.18. The molecule has 0 spiro atoms. The molecule has 5 heteroatoms. The molecule has 0 saturated carbocycles. The standard InChI is InChI=1S/C15H22N2O2S/c1-3-12(19-14-7-5-4-6-11(14)2)8-16-15(18)13-9-20-10-17-13/h4-7,12-13,17H,3,8-10H2,1-2H3,(H,16,18)/t12-,13+/m1/s1. The molecule has 110 valence electrons. The molecule has 1 fully saturated rings. The Morgan fingerprint density at radius 2 is 2.35 bits per heavy atom. The Labute approximate surface area is 124 Å². The minimum atomic E-state index is -0.0593. The maximum absolute atomic E-state index is 11.9. The molecule has 0 bridgehead atoms. The summed E-state index contributed by atoms with van der Waals surface area (Å²) in [4.78, 5) is 11.9. The van der Waals surface area contributed by atoms with E-state index < -0.39 is 0 Å². The van der Waals surface area contributed by atoms with Gasteiger partial charge in [-0.3, -0.25) is 10.1 Å². The molecule has 4 nitrogen and oxygen atoms in total. The highest BCUT2D eigenvalue weighted by molar-refractivity contribution is 7.99. The zero-order valence-electron chi connectivity index (χ0n) is 12.0. The number of carbonyl (C=O) groups excluding carboxylic acids is 1. The van der Waals surface area contributed by atoms with Crippen molar-refractivity contribution >= 4 is 17.7 Å². The van der Waals surface area contributed by atoms with E-state index in [1.165, 1.54) is 0 Å². The lowest BCUT2D eigenvalue weighted by molar-refractivity contribution is -0.122. The van der Waals surface area contributed by atoms with Gasteiger partial charge in [0, 0.05) is 11.6 Å². The zero-order valence-corrected chi connectivity index (χ0v) is 12.8. The number of carbonyl (C=O) groups is 1. The molecular weight excluding hydrogens is 272 g/mol. The van der Waals surface area contributed by atoms with Gasteiger partial charge in [0.1, 0.15) is 11.9 Å². The number of thioether (sulfide) groups is 1. The maximum atomic E-state index is 11.9. The number of hydrogen-bond acceptors (Lipinski definition) is 4. The maximum Gasteiger partial charge on any atom is 0.238 e. The van der Waals surface area contributed by atoms with Crippen LogP contribution in [0.3, 0.4) is 0 Å². The van der Waals surface area contributed by atoms with Gasteiger partial charge in [-0.05, 0) is 25.0 Å². The number of hydrogen-bond donors (Lipinski definition) is 2. The van der Waals surface area contributed by atoms with Crippen molar-refractivity contribution in [3.8, 4) is 5.75 Å². The van der Waals surface area contributed by atoms with Crippen LogP contribution in [-0.4, -0.2) is 36.2 Å². The fraction of sp³-hybridized carbons (Fsp3) is 0.533. The first-order chi connectivity index (χ1) is 9.70. The van der Waals surface area contributed by atoms with E-state index in [9.17, 15) is 4.79 Å². The van der Waals surface area contributed by atoms with Gasteiger partial charge in [-0.25, -0.2) is 0 Å². The monoisotopic (exact) mass is 294 g/mol. The summed E-state index contributed by atoms with van der Waals surface area (Å²) < 4.78 is 5.97. The second-order valence-corrected chi connectivity index (χ2v) is 5.96. The first kappa shape index (κ1) is 15.2. The largest absolute Gasteiger partial charge is 0.488 e. The first-order valence-corrected chi connectivity index (χ1v) is 8.17. The fourth-order valence-electron chi connectivity index (χ4n) is 2.04. The Hall–Kier alpha value is -1.20. The van der Waals surface area contributed by atoms with E-state index in [4.69, 9.17) is 4.74 Å². The van der Waals surface area contributed by atoms with Crippen LogP contribution < -0.4 is 15.4 Å². The van der Waals surface area contributed by atoms with Crippen molar-refractivity contribution in [2.24, 2.45) is 0 Å². The number of aryl methyl sites for hydroxylation is 1. The van der Waals surface area contributed by atoms with Gasteiger partial charge in [0.05, 0.1) is 12.6 Å². The molecule has 1 aliphatic rings. The van der Waals surface area contributed by atoms with Gasteiger partial charge < -0.3 is 10.1 Å². The third-order valence-corrected chi connectivity index (χ3v) is 4.32. The summed E-state index contributed by atoms with van der Waals surface area (Å²) in [6.45, 7) is 4.64. The number of nitrogens with one attached hydrogen (secondary N) is 2. The molecular formula is C15H22N2O2S. The van der Waals surface area contributed by atoms with E-state index in [2.05, 4.69) is 17.6 Å². The van der Waals surface area contributed by atoms with Crippen LogP contribution in [0.4, 0.5) is 0 Å². The number of ether oxygens (including phenoxy) is 1. The summed E-state index contributed by atoms with van der Waals surface area (Å²) in [6.07, 6.45) is 0.871. The van der Waals surface area contributed by atoms with Gasteiger partial charge in [0.2, 0.25) is 5.91 Å². The van der Waals surface area contributed by atoms with Crippen molar-refractivity contribution in [2.75, 3.05) is 18.2 Å². The number of para-hydroxylation sites is 1. The molecule has 1 amide bonds. The molecule has 2 rings (SSSR count). The lowest BCUT2D eigenvalue weighted by Crippen LogP contribution is -2.45. The molecule has 1 heterocycles.